The van der Waals surface area contributed by atoms with E-state index in [-0.39, 0.29) is 37.0 Å². The highest BCUT2D eigenvalue weighted by Crippen LogP contribution is 2.10. The molecule has 6 atom stereocenters. The van der Waals surface area contributed by atoms with Gasteiger partial charge in [0.05, 0.1) is 30.6 Å². The predicted octanol–water partition coefficient (Wildman–Crippen LogP) is 2.53. The number of hydrogen-bond donors (Lipinski definition) is 12. The van der Waals surface area contributed by atoms with Gasteiger partial charge in [-0.1, -0.05) is 84.7 Å². The van der Waals surface area contributed by atoms with Gasteiger partial charge >= 0.3 is 47.8 Å². The van der Waals surface area contributed by atoms with Crippen molar-refractivity contribution >= 4 is 53.7 Å². The lowest BCUT2D eigenvalue weighted by atomic mass is 9.99. The van der Waals surface area contributed by atoms with Gasteiger partial charge in [0, 0.05) is 6.42 Å². The van der Waals surface area contributed by atoms with E-state index in [9.17, 15) is 43.2 Å². The minimum Gasteiger partial charge on any atom is -0.481 e. The molecule has 1 aromatic rings. The van der Waals surface area contributed by atoms with E-state index in [1.807, 2.05) is 44.2 Å². The largest absolute Gasteiger partial charge is 0.481 e. The van der Waals surface area contributed by atoms with Gasteiger partial charge in [0.25, 0.3) is 0 Å². The van der Waals surface area contributed by atoms with E-state index in [0.29, 0.717) is 12.3 Å². The standard InChI is InChI=1S/C10H12O2.2C7H14O2.C5H10N2O3.2C5H9NO4/c1-8(10(11)12)7-9-5-3-2-4-6-9;1-5(2)4-6(3)7(8)9;1-3-4-5-6(2)7(8)9;1-7-3(5(9)10)2-4(6)8;1-6-3(5(9)10)2-4(7)8;6-3(5(9)10)1-2-4(7)8/h2-6,8H,7H2,1H3,(H,11,12);5-6H,4H2,1-3H3,(H,8,9);6H,3-5H2,1-2H3,(H,8,9);3,7H,2H2,1H3,(H2,6,8)(H,9,10);3,6H,2H2,1H3,(H,7,8)(H,9,10);3H,1-2,6H2,(H,7,8)(H,9,10)/t8-;2*6-;3*3-/m000000/s1. The Labute approximate surface area is 350 Å². The van der Waals surface area contributed by atoms with Gasteiger partial charge in [0.1, 0.15) is 18.1 Å². The van der Waals surface area contributed by atoms with Crippen LogP contribution in [0.5, 0.6) is 0 Å². The zero-order chi connectivity index (χ0) is 48.1. The van der Waals surface area contributed by atoms with Gasteiger partial charge in [-0.05, 0) is 51.3 Å². The number of benzene rings is 1. The maximum absolute atomic E-state index is 10.5. The molecule has 346 valence electrons. The maximum atomic E-state index is 10.5. The predicted molar refractivity (Wildman–Crippen MR) is 219 cm³/mol. The van der Waals surface area contributed by atoms with Gasteiger partial charge in [-0.2, -0.15) is 0 Å². The van der Waals surface area contributed by atoms with Crippen LogP contribution in [-0.4, -0.2) is 127 Å². The minimum atomic E-state index is -1.17. The lowest BCUT2D eigenvalue weighted by Crippen LogP contribution is -2.37. The summed E-state index contributed by atoms with van der Waals surface area (Å²) in [6, 6.07) is 6.74. The third-order valence-electron chi connectivity index (χ3n) is 7.53. The third-order valence-corrected chi connectivity index (χ3v) is 7.53. The first kappa shape index (κ1) is 63.5. The number of nitrogens with one attached hydrogen (secondary N) is 2. The summed E-state index contributed by atoms with van der Waals surface area (Å²) in [7, 11) is 2.86. The first-order valence-electron chi connectivity index (χ1n) is 18.8. The molecule has 21 heteroatoms. The molecule has 1 aromatic carbocycles. The number of rotatable bonds is 22. The quantitative estimate of drug-likeness (QED) is 0.0796. The number of amides is 1. The van der Waals surface area contributed by atoms with Gasteiger partial charge in [0.15, 0.2) is 0 Å². The second-order valence-electron chi connectivity index (χ2n) is 13.7. The van der Waals surface area contributed by atoms with Crippen molar-refractivity contribution in [1.29, 1.82) is 0 Å². The van der Waals surface area contributed by atoms with Crippen molar-refractivity contribution < 1.29 is 84.0 Å². The zero-order valence-electron chi connectivity index (χ0n) is 35.7. The number of carbonyl (C=O) groups excluding carboxylic acids is 1. The van der Waals surface area contributed by atoms with E-state index in [1.54, 1.807) is 20.8 Å². The molecule has 0 aliphatic rings. The third kappa shape index (κ3) is 45.0. The van der Waals surface area contributed by atoms with E-state index in [2.05, 4.69) is 17.6 Å². The van der Waals surface area contributed by atoms with Crippen molar-refractivity contribution in [3.8, 4) is 0 Å². The number of carbonyl (C=O) groups is 9. The average Bonchev–Trinajstić information content (AvgIpc) is 3.14. The first-order chi connectivity index (χ1) is 27.6. The van der Waals surface area contributed by atoms with E-state index < -0.39 is 78.2 Å². The number of primary amides is 1. The highest BCUT2D eigenvalue weighted by Gasteiger charge is 2.18. The van der Waals surface area contributed by atoms with Crippen LogP contribution in [0, 0.1) is 23.7 Å². The summed E-state index contributed by atoms with van der Waals surface area (Å²) in [5.74, 6) is -8.43. The Morgan fingerprint density at radius 2 is 1.02 bits per heavy atom. The molecule has 1 amide bonds. The summed E-state index contributed by atoms with van der Waals surface area (Å²) in [6.45, 7) is 11.3. The average molecular weight is 865 g/mol. The summed E-state index contributed by atoms with van der Waals surface area (Å²) >= 11 is 0. The second kappa shape index (κ2) is 38.8. The Balaban J connectivity index is -0.000000202. The Morgan fingerprint density at radius 1 is 0.583 bits per heavy atom. The topological polar surface area (TPSA) is 392 Å². The molecule has 0 radical (unpaired) electrons. The fourth-order valence-corrected chi connectivity index (χ4v) is 3.90. The number of carboxylic acids is 8. The van der Waals surface area contributed by atoms with Crippen molar-refractivity contribution in [3.05, 3.63) is 35.9 Å². The van der Waals surface area contributed by atoms with Crippen LogP contribution in [-0.2, 0) is 49.6 Å². The van der Waals surface area contributed by atoms with Crippen LogP contribution in [0.4, 0.5) is 0 Å². The van der Waals surface area contributed by atoms with Crippen molar-refractivity contribution in [2.24, 2.45) is 35.1 Å². The number of carboxylic acid groups (broad SMARTS) is 8. The molecule has 1 rings (SSSR count). The SMILES string of the molecule is CC(C)C[C@H](C)C(=O)O.CCCC[C@H](C)C(=O)O.CN[C@@H](CC(=O)O)C(=O)O.CN[C@@H](CC(N)=O)C(=O)O.C[C@@H](Cc1ccccc1)C(=O)O.N[C@@H](CCC(=O)O)C(=O)O. The smallest absolute Gasteiger partial charge is 0.321 e. The molecule has 0 aliphatic heterocycles. The van der Waals surface area contributed by atoms with Gasteiger partial charge in [-0.25, -0.2) is 0 Å². The van der Waals surface area contributed by atoms with Gasteiger partial charge in [-0.3, -0.25) is 43.2 Å². The summed E-state index contributed by atoms with van der Waals surface area (Å²) in [4.78, 5) is 91.3. The van der Waals surface area contributed by atoms with Crippen LogP contribution < -0.4 is 22.1 Å². The fraction of sp³-hybridized carbons (Fsp3) is 0.615. The van der Waals surface area contributed by atoms with Crippen molar-refractivity contribution in [1.82, 2.24) is 10.6 Å². The van der Waals surface area contributed by atoms with Crippen LogP contribution >= 0.6 is 0 Å². The van der Waals surface area contributed by atoms with E-state index in [1.165, 1.54) is 14.1 Å². The van der Waals surface area contributed by atoms with Crippen molar-refractivity contribution in [3.63, 3.8) is 0 Å². The Hall–Kier alpha value is -5.67. The van der Waals surface area contributed by atoms with Gasteiger partial charge in [0.2, 0.25) is 5.91 Å². The number of aliphatic carboxylic acids is 8. The molecule has 0 bridgehead atoms. The molecule has 21 nitrogen and oxygen atoms in total. The summed E-state index contributed by atoms with van der Waals surface area (Å²) in [5, 5.41) is 71.3. The monoisotopic (exact) mass is 864 g/mol. The van der Waals surface area contributed by atoms with E-state index >= 15 is 0 Å². The van der Waals surface area contributed by atoms with Crippen LogP contribution in [0.15, 0.2) is 30.3 Å². The molecule has 0 unspecified atom stereocenters. The maximum Gasteiger partial charge on any atom is 0.321 e. The van der Waals surface area contributed by atoms with Gasteiger partial charge in [-0.15, -0.1) is 0 Å². The number of nitrogens with two attached hydrogens (primary N) is 2. The Morgan fingerprint density at radius 3 is 1.27 bits per heavy atom. The number of unbranched alkanes of at least 4 members (excludes halogenated alkanes) is 1. The molecule has 0 aromatic heterocycles. The molecule has 0 fully saturated rings. The van der Waals surface area contributed by atoms with Crippen LogP contribution in [0.2, 0.25) is 0 Å². The Bertz CT molecular complexity index is 1380. The molecule has 14 N–H and O–H groups in total. The molecule has 0 heterocycles. The summed E-state index contributed by atoms with van der Waals surface area (Å²) in [5.41, 5.74) is 10.8. The molecule has 0 saturated heterocycles. The minimum absolute atomic E-state index is 0.0231. The molecule has 0 saturated carbocycles. The summed E-state index contributed by atoms with van der Waals surface area (Å²) < 4.78 is 0. The Kier molecular flexibility index (Phi) is 41.1. The molecular weight excluding hydrogens is 796 g/mol. The lowest BCUT2D eigenvalue weighted by Gasteiger charge is -2.07. The molecular formula is C39H68N4O17. The lowest BCUT2D eigenvalue weighted by molar-refractivity contribution is -0.145. The first-order valence-corrected chi connectivity index (χ1v) is 18.8. The molecule has 0 aliphatic carbocycles. The second-order valence-corrected chi connectivity index (χ2v) is 13.7. The zero-order valence-corrected chi connectivity index (χ0v) is 35.7. The molecule has 60 heavy (non-hydrogen) atoms. The summed E-state index contributed by atoms with van der Waals surface area (Å²) in [6.07, 6.45) is 3.50. The van der Waals surface area contributed by atoms with Crippen molar-refractivity contribution in [2.75, 3.05) is 14.1 Å². The molecule has 0 spiro atoms. The van der Waals surface area contributed by atoms with E-state index in [4.69, 9.17) is 52.3 Å². The fourth-order valence-electron chi connectivity index (χ4n) is 3.90. The number of hydrogen-bond acceptors (Lipinski definition) is 12. The van der Waals surface area contributed by atoms with Crippen LogP contribution in [0.25, 0.3) is 0 Å². The van der Waals surface area contributed by atoms with Gasteiger partial charge < -0.3 is 63.0 Å². The van der Waals surface area contributed by atoms with Crippen LogP contribution in [0.3, 0.4) is 0 Å². The van der Waals surface area contributed by atoms with Crippen LogP contribution in [0.1, 0.15) is 98.5 Å². The normalized spacial score (nSPS) is 12.8. The van der Waals surface area contributed by atoms with E-state index in [0.717, 1.165) is 31.2 Å². The highest BCUT2D eigenvalue weighted by molar-refractivity contribution is 5.83. The van der Waals surface area contributed by atoms with Crippen molar-refractivity contribution in [2.45, 2.75) is 117 Å². The number of likely N-dealkylation sites (N-methyl/N-ethyl adjacent to an activating group) is 2. The highest BCUT2D eigenvalue weighted by atomic mass is 16.4.